The zero-order valence-corrected chi connectivity index (χ0v) is 6.18. The van der Waals surface area contributed by atoms with Crippen LogP contribution in [0.1, 0.15) is 0 Å². The molecule has 2 aromatic heterocycles. The van der Waals surface area contributed by atoms with Crippen LogP contribution in [0.2, 0.25) is 0 Å². The van der Waals surface area contributed by atoms with Crippen LogP contribution in [-0.4, -0.2) is 15.0 Å². The average Bonchev–Trinajstić information content (AvgIpc) is 2.62. The van der Waals surface area contributed by atoms with E-state index in [-0.39, 0.29) is 5.69 Å². The van der Waals surface area contributed by atoms with E-state index in [0.29, 0.717) is 0 Å². The number of hydrogen-bond donors (Lipinski definition) is 1. The van der Waals surface area contributed by atoms with E-state index in [1.807, 2.05) is 0 Å². The number of hydrogen-bond acceptors (Lipinski definition) is 4. The molecule has 0 aliphatic carbocycles. The first-order chi connectivity index (χ1) is 5.89. The highest BCUT2D eigenvalue weighted by Gasteiger charge is 1.70. The first-order valence-electron chi connectivity index (χ1n) is 3.21. The summed E-state index contributed by atoms with van der Waals surface area (Å²) < 4.78 is 4.47. The number of oxazole rings is 1. The molecule has 0 fully saturated rings. The molecule has 2 heterocycles. The van der Waals surface area contributed by atoms with E-state index in [2.05, 4.69) is 19.4 Å². The van der Waals surface area contributed by atoms with Crippen LogP contribution >= 0.6 is 0 Å². The van der Waals surface area contributed by atoms with Crippen molar-refractivity contribution in [3.63, 3.8) is 0 Å². The zero-order chi connectivity index (χ0) is 8.65. The highest BCUT2D eigenvalue weighted by atomic mass is 16.3. The van der Waals surface area contributed by atoms with Gasteiger partial charge in [-0.05, 0) is 6.07 Å². The molecule has 0 aliphatic heterocycles. The van der Waals surface area contributed by atoms with Gasteiger partial charge in [-0.2, -0.15) is 0 Å². The van der Waals surface area contributed by atoms with Crippen LogP contribution in [0.4, 0.5) is 0 Å². The number of nitrogens with one attached hydrogen (secondary N) is 1. The van der Waals surface area contributed by atoms with Crippen molar-refractivity contribution in [2.45, 2.75) is 0 Å². The van der Waals surface area contributed by atoms with Crippen LogP contribution in [-0.2, 0) is 0 Å². The molecule has 0 amide bonds. The van der Waals surface area contributed by atoms with Gasteiger partial charge >= 0.3 is 5.69 Å². The predicted molar refractivity (Wildman–Crippen MR) is 41.4 cm³/mol. The quantitative estimate of drug-likeness (QED) is 0.615. The van der Waals surface area contributed by atoms with Crippen LogP contribution in [0, 0.1) is 0 Å². The van der Waals surface area contributed by atoms with Crippen LogP contribution in [0.15, 0.2) is 46.5 Å². The van der Waals surface area contributed by atoms with E-state index >= 15 is 0 Å². The first-order valence-corrected chi connectivity index (χ1v) is 3.21. The first kappa shape index (κ1) is 8.19. The Bertz CT molecular complexity index is 307. The van der Waals surface area contributed by atoms with E-state index in [1.165, 1.54) is 25.1 Å². The van der Waals surface area contributed by atoms with Crippen molar-refractivity contribution in [1.82, 2.24) is 15.0 Å². The van der Waals surface area contributed by atoms with Gasteiger partial charge < -0.3 is 9.40 Å². The van der Waals surface area contributed by atoms with Gasteiger partial charge in [-0.1, -0.05) is 0 Å². The molecule has 2 rings (SSSR count). The third-order valence-electron chi connectivity index (χ3n) is 0.928. The Balaban J connectivity index is 0.000000127. The lowest BCUT2D eigenvalue weighted by Gasteiger charge is -1.72. The molecule has 2 aromatic rings. The Morgan fingerprint density at radius 2 is 2.33 bits per heavy atom. The van der Waals surface area contributed by atoms with Gasteiger partial charge in [-0.3, -0.25) is 0 Å². The summed E-state index contributed by atoms with van der Waals surface area (Å²) in [6, 6.07) is 1.65. The summed E-state index contributed by atoms with van der Waals surface area (Å²) in [6.45, 7) is 0. The van der Waals surface area contributed by atoms with Gasteiger partial charge in [0.05, 0.1) is 6.20 Å². The minimum atomic E-state index is -0.303. The minimum Gasteiger partial charge on any atom is -0.452 e. The fourth-order valence-electron chi connectivity index (χ4n) is 0.486. The summed E-state index contributed by atoms with van der Waals surface area (Å²) in [7, 11) is 0. The molecule has 0 saturated carbocycles. The van der Waals surface area contributed by atoms with E-state index < -0.39 is 0 Å². The van der Waals surface area contributed by atoms with Gasteiger partial charge in [0.15, 0.2) is 6.39 Å². The summed E-state index contributed by atoms with van der Waals surface area (Å²) in [4.78, 5) is 19.4. The lowest BCUT2D eigenvalue weighted by atomic mass is 10.7. The van der Waals surface area contributed by atoms with Gasteiger partial charge in [-0.25, -0.2) is 14.8 Å². The molecule has 0 atom stereocenters. The molecular formula is C7H7N3O2. The average molecular weight is 165 g/mol. The molecule has 0 aromatic carbocycles. The number of aromatic nitrogens is 3. The molecule has 62 valence electrons. The number of rotatable bonds is 0. The summed E-state index contributed by atoms with van der Waals surface area (Å²) in [6.07, 6.45) is 7.45. The molecule has 12 heavy (non-hydrogen) atoms. The van der Waals surface area contributed by atoms with Crippen molar-refractivity contribution in [3.8, 4) is 0 Å². The van der Waals surface area contributed by atoms with E-state index in [1.54, 1.807) is 12.3 Å². The Morgan fingerprint density at radius 1 is 1.42 bits per heavy atom. The lowest BCUT2D eigenvalue weighted by molar-refractivity contribution is 0.558. The maximum atomic E-state index is 10.1. The maximum absolute atomic E-state index is 10.1. The highest BCUT2D eigenvalue weighted by molar-refractivity contribution is 4.75. The zero-order valence-electron chi connectivity index (χ0n) is 6.18. The van der Waals surface area contributed by atoms with Gasteiger partial charge in [0.1, 0.15) is 6.26 Å². The molecule has 1 N–H and O–H groups in total. The fourth-order valence-corrected chi connectivity index (χ4v) is 0.486. The van der Waals surface area contributed by atoms with Crippen molar-refractivity contribution < 1.29 is 4.42 Å². The second-order valence-electron chi connectivity index (χ2n) is 1.76. The molecule has 0 radical (unpaired) electrons. The van der Waals surface area contributed by atoms with Gasteiger partial charge in [-0.15, -0.1) is 0 Å². The third kappa shape index (κ3) is 3.31. The van der Waals surface area contributed by atoms with Crippen molar-refractivity contribution in [1.29, 1.82) is 0 Å². The molecular weight excluding hydrogens is 158 g/mol. The maximum Gasteiger partial charge on any atom is 0.344 e. The van der Waals surface area contributed by atoms with Crippen LogP contribution in [0.3, 0.4) is 0 Å². The molecule has 0 bridgehead atoms. The van der Waals surface area contributed by atoms with Crippen LogP contribution in [0.25, 0.3) is 0 Å². The van der Waals surface area contributed by atoms with E-state index in [4.69, 9.17) is 0 Å². The van der Waals surface area contributed by atoms with E-state index in [0.717, 1.165) is 0 Å². The van der Waals surface area contributed by atoms with Crippen LogP contribution < -0.4 is 5.69 Å². The van der Waals surface area contributed by atoms with Gasteiger partial charge in [0.2, 0.25) is 0 Å². The van der Waals surface area contributed by atoms with Crippen molar-refractivity contribution in [2.24, 2.45) is 0 Å². The lowest BCUT2D eigenvalue weighted by Crippen LogP contribution is -2.05. The molecule has 0 spiro atoms. The second kappa shape index (κ2) is 4.84. The van der Waals surface area contributed by atoms with E-state index in [9.17, 15) is 4.79 Å². The van der Waals surface area contributed by atoms with Gasteiger partial charge in [0, 0.05) is 12.4 Å². The highest BCUT2D eigenvalue weighted by Crippen LogP contribution is 1.72. The molecule has 0 saturated heterocycles. The Labute approximate surface area is 68.1 Å². The number of aromatic amines is 1. The smallest absolute Gasteiger partial charge is 0.344 e. The Kier molecular flexibility index (Phi) is 3.30. The molecule has 5 heteroatoms. The number of H-pyrrole nitrogens is 1. The topological polar surface area (TPSA) is 71.8 Å². The summed E-state index contributed by atoms with van der Waals surface area (Å²) in [5.41, 5.74) is -0.303. The third-order valence-corrected chi connectivity index (χ3v) is 0.928. The van der Waals surface area contributed by atoms with Gasteiger partial charge in [0.25, 0.3) is 0 Å². The summed E-state index contributed by atoms with van der Waals surface area (Å²) in [5.74, 6) is 0. The fraction of sp³-hybridized carbons (Fsp3) is 0. The Hall–Kier alpha value is -1.91. The SMILES string of the molecule is O=c1nccc[nH]1.c1cocn1. The molecule has 0 aliphatic rings. The summed E-state index contributed by atoms with van der Waals surface area (Å²) in [5, 5.41) is 0. The molecule has 5 nitrogen and oxygen atoms in total. The second-order valence-corrected chi connectivity index (χ2v) is 1.76. The normalized spacial score (nSPS) is 8.33. The number of nitrogens with zero attached hydrogens (tertiary/aromatic N) is 2. The largest absolute Gasteiger partial charge is 0.452 e. The van der Waals surface area contributed by atoms with Crippen molar-refractivity contribution in [2.75, 3.05) is 0 Å². The molecule has 0 unspecified atom stereocenters. The monoisotopic (exact) mass is 165 g/mol. The van der Waals surface area contributed by atoms with Crippen molar-refractivity contribution >= 4 is 0 Å². The predicted octanol–water partition coefficient (Wildman–Crippen LogP) is 0.445. The standard InChI is InChI=1S/C4H4N2O.C3H3NO/c7-4-5-2-1-3-6-4;1-2-5-3-4-1/h1-3H,(H,5,6,7);1-3H. The minimum absolute atomic E-state index is 0.303. The summed E-state index contributed by atoms with van der Waals surface area (Å²) >= 11 is 0. The van der Waals surface area contributed by atoms with Crippen molar-refractivity contribution in [3.05, 3.63) is 47.8 Å². The van der Waals surface area contributed by atoms with Crippen LogP contribution in [0.5, 0.6) is 0 Å². The Morgan fingerprint density at radius 3 is 2.58 bits per heavy atom.